The monoisotopic (exact) mass is 367 g/mol. The topological polar surface area (TPSA) is 87.7 Å². The summed E-state index contributed by atoms with van der Waals surface area (Å²) in [5.74, 6) is -0.127. The van der Waals surface area contributed by atoms with Gasteiger partial charge in [0.05, 0.1) is 11.8 Å². The van der Waals surface area contributed by atoms with Crippen LogP contribution >= 0.6 is 0 Å². The SMILES string of the molecule is CNS(=O)(=O)CCNC(=O)N1CC2(CCOCC2)C1c1ccccc1. The molecule has 1 atom stereocenters. The molecular formula is C17H25N3O4S. The van der Waals surface area contributed by atoms with E-state index in [0.717, 1.165) is 31.6 Å². The molecule has 2 fully saturated rings. The number of nitrogens with one attached hydrogen (secondary N) is 2. The summed E-state index contributed by atoms with van der Waals surface area (Å²) >= 11 is 0. The third kappa shape index (κ3) is 3.80. The second-order valence-corrected chi connectivity index (χ2v) is 8.72. The first kappa shape index (κ1) is 18.2. The van der Waals surface area contributed by atoms with Crippen LogP contribution in [0, 0.1) is 5.41 Å². The minimum atomic E-state index is -3.32. The predicted octanol–water partition coefficient (Wildman–Crippen LogP) is 1.10. The normalized spacial score (nSPS) is 22.4. The molecule has 1 aromatic carbocycles. The maximum Gasteiger partial charge on any atom is 0.317 e. The number of hydrogen-bond donors (Lipinski definition) is 2. The summed E-state index contributed by atoms with van der Waals surface area (Å²) in [5.41, 5.74) is 1.18. The molecule has 2 heterocycles. The Bertz CT molecular complexity index is 702. The minimum Gasteiger partial charge on any atom is -0.381 e. The summed E-state index contributed by atoms with van der Waals surface area (Å²) in [5, 5.41) is 2.73. The number of likely N-dealkylation sites (tertiary alicyclic amines) is 1. The van der Waals surface area contributed by atoms with Crippen molar-refractivity contribution in [2.45, 2.75) is 18.9 Å². The summed E-state index contributed by atoms with van der Waals surface area (Å²) in [6, 6.07) is 9.83. The smallest absolute Gasteiger partial charge is 0.317 e. The Morgan fingerprint density at radius 1 is 1.28 bits per heavy atom. The molecule has 7 nitrogen and oxygen atoms in total. The van der Waals surface area contributed by atoms with Crippen molar-refractivity contribution in [1.82, 2.24) is 14.9 Å². The lowest BCUT2D eigenvalue weighted by atomic mass is 9.64. The number of ether oxygens (including phenoxy) is 1. The number of amides is 2. The van der Waals surface area contributed by atoms with Crippen molar-refractivity contribution in [3.63, 3.8) is 0 Å². The number of benzene rings is 1. The van der Waals surface area contributed by atoms with Crippen LogP contribution in [0.3, 0.4) is 0 Å². The Morgan fingerprint density at radius 3 is 2.60 bits per heavy atom. The molecule has 138 valence electrons. The molecule has 2 amide bonds. The molecule has 0 saturated carbocycles. The Morgan fingerprint density at radius 2 is 1.96 bits per heavy atom. The van der Waals surface area contributed by atoms with Gasteiger partial charge in [0.15, 0.2) is 0 Å². The van der Waals surface area contributed by atoms with Crippen LogP contribution in [0.15, 0.2) is 30.3 Å². The van der Waals surface area contributed by atoms with Crippen LogP contribution in [0.4, 0.5) is 4.79 Å². The fourth-order valence-electron chi connectivity index (χ4n) is 3.80. The fraction of sp³-hybridized carbons (Fsp3) is 0.588. The van der Waals surface area contributed by atoms with Gasteiger partial charge in [-0.3, -0.25) is 0 Å². The van der Waals surface area contributed by atoms with E-state index >= 15 is 0 Å². The zero-order valence-corrected chi connectivity index (χ0v) is 15.2. The molecule has 1 spiro atoms. The molecule has 0 bridgehead atoms. The van der Waals surface area contributed by atoms with E-state index in [4.69, 9.17) is 4.74 Å². The summed E-state index contributed by atoms with van der Waals surface area (Å²) in [4.78, 5) is 14.4. The van der Waals surface area contributed by atoms with E-state index < -0.39 is 10.0 Å². The number of rotatable bonds is 5. The van der Waals surface area contributed by atoms with E-state index in [0.29, 0.717) is 6.54 Å². The lowest BCUT2D eigenvalue weighted by Gasteiger charge is -2.59. The van der Waals surface area contributed by atoms with Crippen LogP contribution in [-0.2, 0) is 14.8 Å². The Balaban J connectivity index is 1.69. The molecule has 2 aliphatic rings. The highest BCUT2D eigenvalue weighted by Crippen LogP contribution is 2.54. The molecule has 0 aliphatic carbocycles. The fourth-order valence-corrected chi connectivity index (χ4v) is 4.37. The van der Waals surface area contributed by atoms with Gasteiger partial charge in [-0.15, -0.1) is 0 Å². The maximum atomic E-state index is 12.6. The molecule has 2 aliphatic heterocycles. The van der Waals surface area contributed by atoms with Gasteiger partial charge in [-0.25, -0.2) is 17.9 Å². The van der Waals surface area contributed by atoms with Crippen molar-refractivity contribution in [1.29, 1.82) is 0 Å². The van der Waals surface area contributed by atoms with Gasteiger partial charge in [-0.1, -0.05) is 30.3 Å². The number of nitrogens with zero attached hydrogens (tertiary/aromatic N) is 1. The number of hydrogen-bond acceptors (Lipinski definition) is 4. The summed E-state index contributed by atoms with van der Waals surface area (Å²) in [6.07, 6.45) is 1.87. The van der Waals surface area contributed by atoms with Crippen LogP contribution in [0.5, 0.6) is 0 Å². The average Bonchev–Trinajstić information content (AvgIpc) is 2.61. The van der Waals surface area contributed by atoms with Gasteiger partial charge in [-0.05, 0) is 25.5 Å². The molecule has 25 heavy (non-hydrogen) atoms. The van der Waals surface area contributed by atoms with Gasteiger partial charge in [0, 0.05) is 31.7 Å². The molecule has 0 radical (unpaired) electrons. The predicted molar refractivity (Wildman–Crippen MR) is 94.6 cm³/mol. The van der Waals surface area contributed by atoms with Gasteiger partial charge in [-0.2, -0.15) is 0 Å². The van der Waals surface area contributed by atoms with Crippen LogP contribution in [0.1, 0.15) is 24.4 Å². The summed E-state index contributed by atoms with van der Waals surface area (Å²) in [6.45, 7) is 2.22. The molecule has 1 aromatic rings. The second kappa shape index (κ2) is 7.31. The van der Waals surface area contributed by atoms with Crippen LogP contribution in [-0.4, -0.2) is 58.5 Å². The van der Waals surface area contributed by atoms with Crippen LogP contribution in [0.2, 0.25) is 0 Å². The highest BCUT2D eigenvalue weighted by molar-refractivity contribution is 7.89. The maximum absolute atomic E-state index is 12.6. The molecule has 0 aromatic heterocycles. The van der Waals surface area contributed by atoms with E-state index in [1.165, 1.54) is 7.05 Å². The Labute approximate surface area is 148 Å². The lowest BCUT2D eigenvalue weighted by molar-refractivity contribution is -0.111. The average molecular weight is 367 g/mol. The van der Waals surface area contributed by atoms with E-state index in [1.54, 1.807) is 0 Å². The van der Waals surface area contributed by atoms with Gasteiger partial charge >= 0.3 is 6.03 Å². The van der Waals surface area contributed by atoms with E-state index in [1.807, 2.05) is 35.2 Å². The number of sulfonamides is 1. The molecule has 2 N–H and O–H groups in total. The summed E-state index contributed by atoms with van der Waals surface area (Å²) < 4.78 is 30.7. The van der Waals surface area contributed by atoms with Gasteiger partial charge in [0.25, 0.3) is 0 Å². The Kier molecular flexibility index (Phi) is 5.31. The van der Waals surface area contributed by atoms with Crippen molar-refractivity contribution < 1.29 is 17.9 Å². The quantitative estimate of drug-likeness (QED) is 0.816. The number of carbonyl (C=O) groups excluding carboxylic acids is 1. The molecule has 2 saturated heterocycles. The van der Waals surface area contributed by atoms with Crippen LogP contribution < -0.4 is 10.0 Å². The van der Waals surface area contributed by atoms with E-state index in [9.17, 15) is 13.2 Å². The first-order valence-electron chi connectivity index (χ1n) is 8.56. The zero-order chi connectivity index (χ0) is 17.9. The van der Waals surface area contributed by atoms with Crippen molar-refractivity contribution >= 4 is 16.1 Å². The first-order valence-corrected chi connectivity index (χ1v) is 10.2. The molecule has 1 unspecified atom stereocenters. The number of carbonyl (C=O) groups is 1. The molecular weight excluding hydrogens is 342 g/mol. The highest BCUT2D eigenvalue weighted by atomic mass is 32.2. The van der Waals surface area contributed by atoms with Gasteiger partial charge in [0.2, 0.25) is 10.0 Å². The third-order valence-electron chi connectivity index (χ3n) is 5.20. The number of urea groups is 1. The highest BCUT2D eigenvalue weighted by Gasteiger charge is 2.55. The second-order valence-electron chi connectivity index (χ2n) is 6.67. The minimum absolute atomic E-state index is 0.0125. The van der Waals surface area contributed by atoms with Crippen LogP contribution in [0.25, 0.3) is 0 Å². The van der Waals surface area contributed by atoms with Crippen molar-refractivity contribution in [2.75, 3.05) is 39.1 Å². The van der Waals surface area contributed by atoms with E-state index in [2.05, 4.69) is 10.0 Å². The first-order chi connectivity index (χ1) is 12.0. The summed E-state index contributed by atoms with van der Waals surface area (Å²) in [7, 11) is -1.95. The largest absolute Gasteiger partial charge is 0.381 e. The van der Waals surface area contributed by atoms with Crippen molar-refractivity contribution in [2.24, 2.45) is 5.41 Å². The van der Waals surface area contributed by atoms with Crippen molar-refractivity contribution in [3.05, 3.63) is 35.9 Å². The third-order valence-corrected chi connectivity index (χ3v) is 6.56. The molecule has 8 heteroatoms. The van der Waals surface area contributed by atoms with E-state index in [-0.39, 0.29) is 29.8 Å². The standard InChI is InChI=1S/C17H25N3O4S/c1-18-25(22,23)12-9-19-16(21)20-13-17(7-10-24-11-8-17)15(20)14-5-3-2-4-6-14/h2-6,15,18H,7-13H2,1H3,(H,19,21). The molecule has 3 rings (SSSR count). The van der Waals surface area contributed by atoms with Gasteiger partial charge in [0.1, 0.15) is 0 Å². The lowest BCUT2D eigenvalue weighted by Crippen LogP contribution is -2.64. The van der Waals surface area contributed by atoms with Crippen molar-refractivity contribution in [3.8, 4) is 0 Å². The van der Waals surface area contributed by atoms with Gasteiger partial charge < -0.3 is 15.0 Å². The Hall–Kier alpha value is -1.64. The zero-order valence-electron chi connectivity index (χ0n) is 14.4.